The van der Waals surface area contributed by atoms with Crippen LogP contribution < -0.4 is 4.90 Å². The average molecular weight is 406 g/mol. The number of anilines is 1. The first kappa shape index (κ1) is 19.6. The summed E-state index contributed by atoms with van der Waals surface area (Å²) in [5.74, 6) is -1.31. The molecule has 0 spiro atoms. The Bertz CT molecular complexity index is 1090. The van der Waals surface area contributed by atoms with Gasteiger partial charge in [0.15, 0.2) is 0 Å². The molecule has 1 aromatic heterocycles. The zero-order chi connectivity index (χ0) is 21.3. The van der Waals surface area contributed by atoms with Gasteiger partial charge >= 0.3 is 0 Å². The lowest BCUT2D eigenvalue weighted by Gasteiger charge is -2.27. The van der Waals surface area contributed by atoms with Crippen LogP contribution in [-0.2, 0) is 16.1 Å². The molecule has 1 fully saturated rings. The van der Waals surface area contributed by atoms with Gasteiger partial charge in [0, 0.05) is 5.56 Å². The van der Waals surface area contributed by atoms with Crippen molar-refractivity contribution in [1.82, 2.24) is 4.90 Å². The third kappa shape index (κ3) is 3.61. The highest BCUT2D eigenvalue weighted by atomic mass is 19.1. The highest BCUT2D eigenvalue weighted by molar-refractivity contribution is 6.23. The van der Waals surface area contributed by atoms with Crippen LogP contribution in [0.5, 0.6) is 0 Å². The van der Waals surface area contributed by atoms with Crippen molar-refractivity contribution in [3.8, 4) is 0 Å². The molecule has 1 saturated heterocycles. The molecule has 152 valence electrons. The number of amides is 3. The summed E-state index contributed by atoms with van der Waals surface area (Å²) in [6.45, 7) is 1.85. The zero-order valence-corrected chi connectivity index (χ0v) is 16.2. The van der Waals surface area contributed by atoms with E-state index < -0.39 is 23.7 Å². The van der Waals surface area contributed by atoms with E-state index in [1.165, 1.54) is 35.4 Å². The summed E-state index contributed by atoms with van der Waals surface area (Å²) in [6.07, 6.45) is 1.33. The molecule has 0 radical (unpaired) electrons. The molecule has 0 N–H and O–H groups in total. The number of carbonyl (C=O) groups is 3. The Morgan fingerprint density at radius 1 is 1.10 bits per heavy atom. The van der Waals surface area contributed by atoms with Gasteiger partial charge in [-0.2, -0.15) is 0 Å². The first-order chi connectivity index (χ1) is 14.5. The molecular weight excluding hydrogens is 387 g/mol. The Labute approximate surface area is 172 Å². The first-order valence-corrected chi connectivity index (χ1v) is 9.47. The van der Waals surface area contributed by atoms with Crippen molar-refractivity contribution in [1.29, 1.82) is 0 Å². The SMILES string of the molecule is Cc1ccccc1C(=O)N(Cc1ccco1)C1CC(=O)N(c2ccc(F)cc2)C1=O. The molecule has 4 rings (SSSR count). The molecule has 0 bridgehead atoms. The summed E-state index contributed by atoms with van der Waals surface area (Å²) in [5.41, 5.74) is 1.49. The molecule has 0 saturated carbocycles. The van der Waals surface area contributed by atoms with Gasteiger partial charge < -0.3 is 9.32 Å². The molecule has 0 aliphatic carbocycles. The third-order valence-electron chi connectivity index (χ3n) is 5.13. The van der Waals surface area contributed by atoms with Crippen molar-refractivity contribution in [3.63, 3.8) is 0 Å². The van der Waals surface area contributed by atoms with E-state index in [0.29, 0.717) is 11.3 Å². The van der Waals surface area contributed by atoms with Gasteiger partial charge in [0.1, 0.15) is 17.6 Å². The van der Waals surface area contributed by atoms with Crippen molar-refractivity contribution in [3.05, 3.63) is 89.6 Å². The fourth-order valence-electron chi connectivity index (χ4n) is 3.58. The lowest BCUT2D eigenvalue weighted by atomic mass is 10.1. The average Bonchev–Trinajstić information content (AvgIpc) is 3.35. The number of nitrogens with zero attached hydrogens (tertiary/aromatic N) is 2. The minimum Gasteiger partial charge on any atom is -0.467 e. The monoisotopic (exact) mass is 406 g/mol. The van der Waals surface area contributed by atoms with Crippen molar-refractivity contribution in [2.75, 3.05) is 4.90 Å². The van der Waals surface area contributed by atoms with Crippen molar-refractivity contribution in [2.45, 2.75) is 25.9 Å². The van der Waals surface area contributed by atoms with Crippen LogP contribution in [0.4, 0.5) is 10.1 Å². The highest BCUT2D eigenvalue weighted by Crippen LogP contribution is 2.28. The van der Waals surface area contributed by atoms with Crippen LogP contribution in [0, 0.1) is 12.7 Å². The molecule has 6 nitrogen and oxygen atoms in total. The number of halogens is 1. The van der Waals surface area contributed by atoms with E-state index in [4.69, 9.17) is 4.42 Å². The van der Waals surface area contributed by atoms with E-state index in [9.17, 15) is 18.8 Å². The maximum Gasteiger partial charge on any atom is 0.257 e. The van der Waals surface area contributed by atoms with Crippen molar-refractivity contribution >= 4 is 23.4 Å². The Morgan fingerprint density at radius 2 is 1.83 bits per heavy atom. The molecule has 3 amide bonds. The molecule has 7 heteroatoms. The summed E-state index contributed by atoms with van der Waals surface area (Å²) in [5, 5.41) is 0. The second-order valence-corrected chi connectivity index (χ2v) is 7.09. The number of carbonyl (C=O) groups excluding carboxylic acids is 3. The van der Waals surface area contributed by atoms with Crippen LogP contribution >= 0.6 is 0 Å². The third-order valence-corrected chi connectivity index (χ3v) is 5.13. The van der Waals surface area contributed by atoms with Crippen LogP contribution in [0.2, 0.25) is 0 Å². The van der Waals surface area contributed by atoms with E-state index in [1.807, 2.05) is 19.1 Å². The Kier molecular flexibility index (Phi) is 5.18. The Morgan fingerprint density at radius 3 is 2.50 bits per heavy atom. The minimum atomic E-state index is -0.986. The van der Waals surface area contributed by atoms with E-state index in [2.05, 4.69) is 0 Å². The van der Waals surface area contributed by atoms with E-state index >= 15 is 0 Å². The summed E-state index contributed by atoms with van der Waals surface area (Å²) < 4.78 is 18.6. The Balaban J connectivity index is 1.69. The van der Waals surface area contributed by atoms with E-state index in [0.717, 1.165) is 10.5 Å². The predicted octanol–water partition coefficient (Wildman–Crippen LogP) is 3.70. The van der Waals surface area contributed by atoms with Crippen LogP contribution in [-0.4, -0.2) is 28.7 Å². The number of aryl methyl sites for hydroxylation is 1. The highest BCUT2D eigenvalue weighted by Gasteiger charge is 2.44. The molecule has 1 aliphatic heterocycles. The van der Waals surface area contributed by atoms with Crippen LogP contribution in [0.15, 0.2) is 71.3 Å². The van der Waals surface area contributed by atoms with Crippen LogP contribution in [0.3, 0.4) is 0 Å². The summed E-state index contributed by atoms with van der Waals surface area (Å²) in [7, 11) is 0. The van der Waals surface area contributed by atoms with Gasteiger partial charge in [0.2, 0.25) is 5.91 Å². The number of benzene rings is 2. The first-order valence-electron chi connectivity index (χ1n) is 9.47. The van der Waals surface area contributed by atoms with Gasteiger partial charge in [-0.25, -0.2) is 9.29 Å². The van der Waals surface area contributed by atoms with Crippen molar-refractivity contribution < 1.29 is 23.2 Å². The second kappa shape index (κ2) is 7.94. The Hall–Kier alpha value is -3.74. The smallest absolute Gasteiger partial charge is 0.257 e. The lowest BCUT2D eigenvalue weighted by molar-refractivity contribution is -0.122. The predicted molar refractivity (Wildman–Crippen MR) is 107 cm³/mol. The van der Waals surface area contributed by atoms with Gasteiger partial charge in [-0.15, -0.1) is 0 Å². The summed E-state index contributed by atoms with van der Waals surface area (Å²) >= 11 is 0. The number of furan rings is 1. The molecule has 1 atom stereocenters. The topological polar surface area (TPSA) is 70.8 Å². The van der Waals surface area contributed by atoms with E-state index in [1.54, 1.807) is 24.3 Å². The zero-order valence-electron chi connectivity index (χ0n) is 16.2. The molecule has 3 aromatic rings. The largest absolute Gasteiger partial charge is 0.467 e. The van der Waals surface area contributed by atoms with Crippen LogP contribution in [0.25, 0.3) is 0 Å². The van der Waals surface area contributed by atoms with Gasteiger partial charge in [-0.1, -0.05) is 18.2 Å². The minimum absolute atomic E-state index is 0.0428. The van der Waals surface area contributed by atoms with Gasteiger partial charge in [0.05, 0.1) is 24.9 Å². The quantitative estimate of drug-likeness (QED) is 0.606. The van der Waals surface area contributed by atoms with Gasteiger partial charge in [-0.3, -0.25) is 14.4 Å². The second-order valence-electron chi connectivity index (χ2n) is 7.09. The molecule has 2 heterocycles. The molecule has 2 aromatic carbocycles. The van der Waals surface area contributed by atoms with Gasteiger partial charge in [-0.05, 0) is 55.0 Å². The van der Waals surface area contributed by atoms with Gasteiger partial charge in [0.25, 0.3) is 11.8 Å². The molecule has 1 unspecified atom stereocenters. The number of hydrogen-bond acceptors (Lipinski definition) is 4. The van der Waals surface area contributed by atoms with Crippen LogP contribution in [0.1, 0.15) is 28.1 Å². The summed E-state index contributed by atoms with van der Waals surface area (Å²) in [4.78, 5) is 41.6. The number of rotatable bonds is 5. The maximum atomic E-state index is 13.4. The molecule has 1 aliphatic rings. The summed E-state index contributed by atoms with van der Waals surface area (Å²) in [6, 6.07) is 14.6. The fraction of sp³-hybridized carbons (Fsp3) is 0.174. The van der Waals surface area contributed by atoms with E-state index in [-0.39, 0.29) is 24.6 Å². The normalized spacial score (nSPS) is 16.2. The standard InChI is InChI=1S/C23H19FN2O4/c1-15-5-2-3-7-19(15)22(28)25(14-18-6-4-12-30-18)20-13-21(27)26(23(20)29)17-10-8-16(24)9-11-17/h2-12,20H,13-14H2,1H3. The lowest BCUT2D eigenvalue weighted by Crippen LogP contribution is -2.45. The number of imide groups is 1. The molecule has 30 heavy (non-hydrogen) atoms. The molecular formula is C23H19FN2O4. The maximum absolute atomic E-state index is 13.4. The van der Waals surface area contributed by atoms with Crippen molar-refractivity contribution in [2.24, 2.45) is 0 Å². The number of hydrogen-bond donors (Lipinski definition) is 0. The fourth-order valence-corrected chi connectivity index (χ4v) is 3.58.